The Kier molecular flexibility index (Phi) is 7.00. The third kappa shape index (κ3) is 5.93. The number of halogens is 1. The summed E-state index contributed by atoms with van der Waals surface area (Å²) in [6, 6.07) is 7.35. The van der Waals surface area contributed by atoms with Crippen molar-refractivity contribution in [3.8, 4) is 10.6 Å². The van der Waals surface area contributed by atoms with E-state index in [1.807, 2.05) is 39.8 Å². The summed E-state index contributed by atoms with van der Waals surface area (Å²) in [7, 11) is 0. The number of hydrogen-bond donors (Lipinski definition) is 1. The van der Waals surface area contributed by atoms with Crippen LogP contribution in [0, 0.1) is 6.92 Å². The molecule has 1 aliphatic rings. The molecule has 2 heterocycles. The largest absolute Gasteiger partial charge is 0.444 e. The number of ether oxygens (including phenoxy) is 2. The minimum absolute atomic E-state index is 0.205. The standard InChI is InChI=1S/C21H26ClN3O4S/c1-13-17(30-19(24-13)14-5-7-15(22)8-6-14)18(26)23-11-16-12-25(9-10-28-16)20(27)29-21(2,3)4/h5-8,16H,9-12H2,1-4H3,(H,23,26). The second-order valence-corrected chi connectivity index (χ2v) is 9.51. The summed E-state index contributed by atoms with van der Waals surface area (Å²) in [5.74, 6) is -0.205. The first-order valence-corrected chi connectivity index (χ1v) is 10.9. The molecule has 0 aliphatic carbocycles. The number of amides is 2. The Hall–Kier alpha value is -2.16. The highest BCUT2D eigenvalue weighted by Gasteiger charge is 2.28. The summed E-state index contributed by atoms with van der Waals surface area (Å²) >= 11 is 7.27. The molecule has 0 spiro atoms. The Morgan fingerprint density at radius 3 is 2.70 bits per heavy atom. The molecule has 9 heteroatoms. The highest BCUT2D eigenvalue weighted by atomic mass is 35.5. The number of nitrogens with one attached hydrogen (secondary N) is 1. The Balaban J connectivity index is 1.58. The van der Waals surface area contributed by atoms with E-state index in [0.29, 0.717) is 41.8 Å². The van der Waals surface area contributed by atoms with Crippen LogP contribution in [0.4, 0.5) is 4.79 Å². The maximum absolute atomic E-state index is 12.7. The van der Waals surface area contributed by atoms with Crippen molar-refractivity contribution in [3.63, 3.8) is 0 Å². The number of carbonyl (C=O) groups is 2. The summed E-state index contributed by atoms with van der Waals surface area (Å²) in [4.78, 5) is 31.6. The van der Waals surface area contributed by atoms with Crippen molar-refractivity contribution in [1.29, 1.82) is 0 Å². The zero-order valence-corrected chi connectivity index (χ0v) is 19.1. The van der Waals surface area contributed by atoms with Crippen LogP contribution in [-0.4, -0.2) is 59.8 Å². The van der Waals surface area contributed by atoms with Crippen molar-refractivity contribution < 1.29 is 19.1 Å². The molecule has 0 radical (unpaired) electrons. The van der Waals surface area contributed by atoms with E-state index < -0.39 is 5.60 Å². The van der Waals surface area contributed by atoms with Gasteiger partial charge in [-0.3, -0.25) is 4.79 Å². The number of hydrogen-bond acceptors (Lipinski definition) is 6. The number of nitrogens with zero attached hydrogens (tertiary/aromatic N) is 2. The topological polar surface area (TPSA) is 80.8 Å². The number of aryl methyl sites for hydroxylation is 1. The minimum Gasteiger partial charge on any atom is -0.444 e. The quantitative estimate of drug-likeness (QED) is 0.755. The fourth-order valence-corrected chi connectivity index (χ4v) is 4.06. The molecule has 3 rings (SSSR count). The van der Waals surface area contributed by atoms with Crippen LogP contribution in [0.2, 0.25) is 5.02 Å². The van der Waals surface area contributed by atoms with E-state index in [9.17, 15) is 9.59 Å². The second-order valence-electron chi connectivity index (χ2n) is 8.07. The molecule has 1 saturated heterocycles. The lowest BCUT2D eigenvalue weighted by Gasteiger charge is -2.34. The van der Waals surface area contributed by atoms with Gasteiger partial charge in [0.2, 0.25) is 0 Å². The lowest BCUT2D eigenvalue weighted by Crippen LogP contribution is -2.50. The molecule has 1 aliphatic heterocycles. The van der Waals surface area contributed by atoms with E-state index in [-0.39, 0.29) is 18.1 Å². The number of rotatable bonds is 4. The SMILES string of the molecule is Cc1nc(-c2ccc(Cl)cc2)sc1C(=O)NCC1CN(C(=O)OC(C)(C)C)CCO1. The zero-order chi connectivity index (χ0) is 21.9. The van der Waals surface area contributed by atoms with Gasteiger partial charge in [-0.05, 0) is 39.8 Å². The molecule has 2 amide bonds. The lowest BCUT2D eigenvalue weighted by molar-refractivity contribution is -0.0404. The average Bonchev–Trinajstić information content (AvgIpc) is 3.07. The Morgan fingerprint density at radius 2 is 2.03 bits per heavy atom. The first-order valence-electron chi connectivity index (χ1n) is 9.73. The molecule has 30 heavy (non-hydrogen) atoms. The number of benzene rings is 1. The van der Waals surface area contributed by atoms with Gasteiger partial charge in [-0.15, -0.1) is 11.3 Å². The van der Waals surface area contributed by atoms with Gasteiger partial charge in [0.1, 0.15) is 15.5 Å². The van der Waals surface area contributed by atoms with Crippen molar-refractivity contribution in [1.82, 2.24) is 15.2 Å². The molecular weight excluding hydrogens is 426 g/mol. The fourth-order valence-electron chi connectivity index (χ4n) is 2.94. The smallest absolute Gasteiger partial charge is 0.410 e. The summed E-state index contributed by atoms with van der Waals surface area (Å²) in [6.07, 6.45) is -0.660. The minimum atomic E-state index is -0.551. The van der Waals surface area contributed by atoms with Crippen molar-refractivity contribution >= 4 is 34.9 Å². The van der Waals surface area contributed by atoms with Crippen LogP contribution in [0.5, 0.6) is 0 Å². The molecule has 1 aromatic heterocycles. The van der Waals surface area contributed by atoms with E-state index in [1.165, 1.54) is 11.3 Å². The van der Waals surface area contributed by atoms with Crippen LogP contribution in [0.3, 0.4) is 0 Å². The van der Waals surface area contributed by atoms with Crippen LogP contribution >= 0.6 is 22.9 Å². The predicted octanol–water partition coefficient (Wildman–Crippen LogP) is 4.14. The third-order valence-electron chi connectivity index (χ3n) is 4.37. The van der Waals surface area contributed by atoms with Gasteiger partial charge < -0.3 is 19.7 Å². The first-order chi connectivity index (χ1) is 14.1. The van der Waals surface area contributed by atoms with Crippen LogP contribution < -0.4 is 5.32 Å². The van der Waals surface area contributed by atoms with Crippen LogP contribution in [0.25, 0.3) is 10.6 Å². The summed E-state index contributed by atoms with van der Waals surface area (Å²) in [5, 5.41) is 4.31. The third-order valence-corrected chi connectivity index (χ3v) is 5.83. The maximum atomic E-state index is 12.7. The number of carbonyl (C=O) groups excluding carboxylic acids is 2. The van der Waals surface area contributed by atoms with Crippen molar-refractivity contribution in [3.05, 3.63) is 39.9 Å². The van der Waals surface area contributed by atoms with Gasteiger partial charge in [0.05, 0.1) is 24.9 Å². The molecule has 1 fully saturated rings. The highest BCUT2D eigenvalue weighted by Crippen LogP contribution is 2.28. The van der Waals surface area contributed by atoms with Crippen molar-refractivity contribution in [2.75, 3.05) is 26.2 Å². The Labute approximate surface area is 185 Å². The summed E-state index contributed by atoms with van der Waals surface area (Å²) < 4.78 is 11.1. The van der Waals surface area contributed by atoms with Crippen LogP contribution in [-0.2, 0) is 9.47 Å². The van der Waals surface area contributed by atoms with Gasteiger partial charge in [0, 0.05) is 23.7 Å². The van der Waals surface area contributed by atoms with Gasteiger partial charge in [0.15, 0.2) is 0 Å². The normalized spacial score (nSPS) is 17.0. The molecule has 0 bridgehead atoms. The fraction of sp³-hybridized carbons (Fsp3) is 0.476. The van der Waals surface area contributed by atoms with Gasteiger partial charge in [-0.2, -0.15) is 0 Å². The average molecular weight is 452 g/mol. The molecule has 162 valence electrons. The zero-order valence-electron chi connectivity index (χ0n) is 17.5. The second kappa shape index (κ2) is 9.32. The molecule has 1 atom stereocenters. The van der Waals surface area contributed by atoms with Gasteiger partial charge in [0.25, 0.3) is 5.91 Å². The predicted molar refractivity (Wildman–Crippen MR) is 117 cm³/mol. The van der Waals surface area contributed by atoms with E-state index in [4.69, 9.17) is 21.1 Å². The molecule has 1 aromatic carbocycles. The van der Waals surface area contributed by atoms with Gasteiger partial charge >= 0.3 is 6.09 Å². The monoisotopic (exact) mass is 451 g/mol. The lowest BCUT2D eigenvalue weighted by atomic mass is 10.2. The molecule has 1 N–H and O–H groups in total. The Bertz CT molecular complexity index is 908. The van der Waals surface area contributed by atoms with Gasteiger partial charge in [-0.25, -0.2) is 9.78 Å². The maximum Gasteiger partial charge on any atom is 0.410 e. The van der Waals surface area contributed by atoms with Gasteiger partial charge in [-0.1, -0.05) is 23.7 Å². The molecule has 0 saturated carbocycles. The number of aromatic nitrogens is 1. The van der Waals surface area contributed by atoms with E-state index >= 15 is 0 Å². The van der Waals surface area contributed by atoms with E-state index in [1.54, 1.807) is 17.0 Å². The van der Waals surface area contributed by atoms with Crippen LogP contribution in [0.15, 0.2) is 24.3 Å². The highest BCUT2D eigenvalue weighted by molar-refractivity contribution is 7.17. The van der Waals surface area contributed by atoms with Crippen molar-refractivity contribution in [2.45, 2.75) is 39.4 Å². The van der Waals surface area contributed by atoms with E-state index in [2.05, 4.69) is 10.3 Å². The van der Waals surface area contributed by atoms with E-state index in [0.717, 1.165) is 10.6 Å². The Morgan fingerprint density at radius 1 is 1.33 bits per heavy atom. The molecular formula is C21H26ClN3O4S. The first kappa shape index (κ1) is 22.5. The number of thiazole rings is 1. The van der Waals surface area contributed by atoms with Crippen molar-refractivity contribution in [2.24, 2.45) is 0 Å². The molecule has 1 unspecified atom stereocenters. The summed E-state index contributed by atoms with van der Waals surface area (Å²) in [6.45, 7) is 8.85. The molecule has 2 aromatic rings. The van der Waals surface area contributed by atoms with Crippen LogP contribution in [0.1, 0.15) is 36.1 Å². The number of morpholine rings is 1. The summed E-state index contributed by atoms with van der Waals surface area (Å²) in [5.41, 5.74) is 1.03. The molecule has 7 nitrogen and oxygen atoms in total.